The Morgan fingerprint density at radius 3 is 2.55 bits per heavy atom. The number of carbonyl (C=O) groups excluding carboxylic acids is 1. The molecule has 0 aromatic carbocycles. The fraction of sp³-hybridized carbons (Fsp3) is 0.480. The van der Waals surface area contributed by atoms with E-state index in [1.54, 1.807) is 24.3 Å². The number of hydrogen-bond donors (Lipinski definition) is 5. The fourth-order valence-electron chi connectivity index (χ4n) is 4.30. The third-order valence-corrected chi connectivity index (χ3v) is 6.73. The summed E-state index contributed by atoms with van der Waals surface area (Å²) < 4.78 is 0.992. The summed E-state index contributed by atoms with van der Waals surface area (Å²) in [5.74, 6) is 0.158. The summed E-state index contributed by atoms with van der Waals surface area (Å²) in [5, 5.41) is 35.4. The Labute approximate surface area is 194 Å². The quantitative estimate of drug-likeness (QED) is 0.322. The van der Waals surface area contributed by atoms with Gasteiger partial charge in [0.25, 0.3) is 0 Å². The summed E-state index contributed by atoms with van der Waals surface area (Å²) in [6, 6.07) is 5.49. The van der Waals surface area contributed by atoms with Gasteiger partial charge in [0.15, 0.2) is 0 Å². The van der Waals surface area contributed by atoms with Crippen LogP contribution in [0.5, 0.6) is 0 Å². The van der Waals surface area contributed by atoms with Gasteiger partial charge in [-0.3, -0.25) is 10.0 Å². The van der Waals surface area contributed by atoms with Crippen molar-refractivity contribution in [1.29, 1.82) is 5.41 Å². The predicted octanol–water partition coefficient (Wildman–Crippen LogP) is 2.20. The van der Waals surface area contributed by atoms with Gasteiger partial charge < -0.3 is 26.0 Å². The number of hydrogen-bond acceptors (Lipinski definition) is 6. The van der Waals surface area contributed by atoms with Crippen LogP contribution in [0.2, 0.25) is 0 Å². The standard InChI is InChI=1S/C25H33N5O3/c1-25(2,32)17-11-18(12-17)27-14-16-10-20(23(29(3)4)13-19(16)26)28-24(31)22-7-5-6-21(30(22)33)15-8-9-15/h5-7,10,13-15,17-18,26,31-33H,8-9,11-12H2,1-4H3/p+1/t17-,18-. The number of likely N-dealkylation sites (N-methyl/N-ethyl adjacent to an activating group) is 1. The highest BCUT2D eigenvalue weighted by molar-refractivity contribution is 6.10. The third kappa shape index (κ3) is 4.95. The number of nitrogens with one attached hydrogen (secondary N) is 3. The van der Waals surface area contributed by atoms with Crippen LogP contribution < -0.4 is 15.4 Å². The zero-order chi connectivity index (χ0) is 23.9. The molecule has 1 aromatic rings. The normalized spacial score (nSPS) is 24.0. The molecule has 0 saturated heterocycles. The van der Waals surface area contributed by atoms with Crippen molar-refractivity contribution in [2.45, 2.75) is 57.1 Å². The van der Waals surface area contributed by atoms with E-state index < -0.39 is 11.5 Å². The van der Waals surface area contributed by atoms with Gasteiger partial charge in [-0.25, -0.2) is 0 Å². The zero-order valence-corrected chi connectivity index (χ0v) is 19.7. The molecule has 3 aliphatic carbocycles. The first kappa shape index (κ1) is 23.0. The number of nitrogens with zero attached hydrogens (tertiary/aromatic N) is 2. The lowest BCUT2D eigenvalue weighted by Gasteiger charge is -2.42. The Balaban J connectivity index is 1.51. The van der Waals surface area contributed by atoms with Crippen LogP contribution in [0.4, 0.5) is 0 Å². The Morgan fingerprint density at radius 1 is 1.24 bits per heavy atom. The van der Waals surface area contributed by atoms with Crippen molar-refractivity contribution in [2.24, 2.45) is 5.92 Å². The molecular formula is C25H34N5O3+. The second-order valence-electron chi connectivity index (χ2n) is 10.1. The third-order valence-electron chi connectivity index (χ3n) is 6.73. The molecule has 1 amide bonds. The molecule has 0 spiro atoms. The van der Waals surface area contributed by atoms with Gasteiger partial charge >= 0.3 is 11.6 Å². The molecule has 0 bridgehead atoms. The predicted molar refractivity (Wildman–Crippen MR) is 125 cm³/mol. The molecule has 33 heavy (non-hydrogen) atoms. The lowest BCUT2D eigenvalue weighted by Crippen LogP contribution is -2.48. The molecule has 1 aromatic heterocycles. The number of carbonyl (C=O) groups is 1. The van der Waals surface area contributed by atoms with Gasteiger partial charge in [0.05, 0.1) is 22.7 Å². The van der Waals surface area contributed by atoms with E-state index in [4.69, 9.17) is 5.41 Å². The van der Waals surface area contributed by atoms with Crippen LogP contribution in [0, 0.1) is 11.3 Å². The monoisotopic (exact) mass is 452 g/mol. The largest absolute Gasteiger partial charge is 0.390 e. The van der Waals surface area contributed by atoms with Gasteiger partial charge in [0.1, 0.15) is 0 Å². The Hall–Kier alpha value is -3.13. The van der Waals surface area contributed by atoms with E-state index in [1.165, 1.54) is 0 Å². The second-order valence-corrected chi connectivity index (χ2v) is 10.1. The molecular weight excluding hydrogens is 418 g/mol. The van der Waals surface area contributed by atoms with E-state index in [9.17, 15) is 15.1 Å². The second kappa shape index (κ2) is 8.67. The van der Waals surface area contributed by atoms with E-state index >= 15 is 0 Å². The molecule has 8 nitrogen and oxygen atoms in total. The maximum atomic E-state index is 13.0. The van der Waals surface area contributed by atoms with Gasteiger partial charge in [0, 0.05) is 54.7 Å². The van der Waals surface area contributed by atoms with Gasteiger partial charge in [0.2, 0.25) is 5.69 Å². The van der Waals surface area contributed by atoms with Crippen molar-refractivity contribution in [3.05, 3.63) is 64.9 Å². The highest BCUT2D eigenvalue weighted by Gasteiger charge is 2.38. The van der Waals surface area contributed by atoms with Crippen molar-refractivity contribution in [1.82, 2.24) is 15.5 Å². The molecule has 176 valence electrons. The van der Waals surface area contributed by atoms with Crippen LogP contribution in [-0.4, -0.2) is 52.6 Å². The Bertz CT molecular complexity index is 1050. The van der Waals surface area contributed by atoms with E-state index in [2.05, 4.69) is 10.6 Å². The van der Waals surface area contributed by atoms with Crippen LogP contribution in [0.1, 0.15) is 61.6 Å². The van der Waals surface area contributed by atoms with Crippen LogP contribution >= 0.6 is 0 Å². The fourth-order valence-corrected chi connectivity index (χ4v) is 4.30. The number of rotatable bonds is 7. The van der Waals surface area contributed by atoms with E-state index in [0.717, 1.165) is 36.1 Å². The molecule has 2 fully saturated rings. The van der Waals surface area contributed by atoms with E-state index in [1.807, 2.05) is 45.1 Å². The molecule has 0 unspecified atom stereocenters. The SMILES string of the molecule is CN(C)C1=CC(=N)/C(=C\N[C@H]2C[C@H](C(C)(C)O)C2)C=C1NC(=O)c1cccc(C2CC2)[n+]1O. The Morgan fingerprint density at radius 2 is 1.94 bits per heavy atom. The van der Waals surface area contributed by atoms with Crippen LogP contribution in [-0.2, 0) is 0 Å². The van der Waals surface area contributed by atoms with Crippen molar-refractivity contribution < 1.29 is 19.8 Å². The average Bonchev–Trinajstić information content (AvgIpc) is 3.52. The number of pyridine rings is 1. The van der Waals surface area contributed by atoms with E-state index in [-0.39, 0.29) is 17.7 Å². The van der Waals surface area contributed by atoms with Gasteiger partial charge in [-0.1, -0.05) is 0 Å². The first-order chi connectivity index (χ1) is 15.5. The van der Waals surface area contributed by atoms with Crippen molar-refractivity contribution in [2.75, 3.05) is 14.1 Å². The summed E-state index contributed by atoms with van der Waals surface area (Å²) in [6.45, 7) is 3.68. The molecule has 0 atom stereocenters. The average molecular weight is 453 g/mol. The minimum atomic E-state index is -0.677. The molecule has 8 heteroatoms. The summed E-state index contributed by atoms with van der Waals surface area (Å²) >= 11 is 0. The van der Waals surface area contributed by atoms with Gasteiger partial charge in [-0.05, 0) is 63.7 Å². The lowest BCUT2D eigenvalue weighted by molar-refractivity contribution is -0.910. The molecule has 0 radical (unpaired) electrons. The number of amides is 1. The molecule has 4 rings (SSSR count). The number of aliphatic hydroxyl groups is 1. The molecule has 3 aliphatic rings. The summed E-state index contributed by atoms with van der Waals surface area (Å²) in [4.78, 5) is 14.9. The first-order valence-electron chi connectivity index (χ1n) is 11.5. The summed E-state index contributed by atoms with van der Waals surface area (Å²) in [7, 11) is 3.72. The number of aromatic nitrogens is 1. The summed E-state index contributed by atoms with van der Waals surface area (Å²) in [6.07, 6.45) is 9.10. The van der Waals surface area contributed by atoms with Gasteiger partial charge in [-0.15, -0.1) is 0 Å². The Kier molecular flexibility index (Phi) is 6.05. The van der Waals surface area contributed by atoms with Crippen LogP contribution in [0.15, 0.2) is 53.5 Å². The molecule has 1 heterocycles. The van der Waals surface area contributed by atoms with Crippen molar-refractivity contribution >= 4 is 11.6 Å². The summed E-state index contributed by atoms with van der Waals surface area (Å²) in [5.41, 5.74) is 2.52. The maximum Gasteiger partial charge on any atom is 0.325 e. The topological polar surface area (TPSA) is 113 Å². The smallest absolute Gasteiger partial charge is 0.325 e. The zero-order valence-electron chi connectivity index (χ0n) is 19.7. The highest BCUT2D eigenvalue weighted by Crippen LogP contribution is 2.38. The van der Waals surface area contributed by atoms with Crippen LogP contribution in [0.3, 0.4) is 0 Å². The maximum absolute atomic E-state index is 13.0. The lowest BCUT2D eigenvalue weighted by atomic mass is 9.71. The minimum Gasteiger partial charge on any atom is -0.390 e. The van der Waals surface area contributed by atoms with Crippen molar-refractivity contribution in [3.63, 3.8) is 0 Å². The molecule has 0 aliphatic heterocycles. The minimum absolute atomic E-state index is 0.176. The van der Waals surface area contributed by atoms with Gasteiger partial charge in [-0.2, -0.15) is 0 Å². The van der Waals surface area contributed by atoms with E-state index in [0.29, 0.717) is 28.6 Å². The first-order valence-corrected chi connectivity index (χ1v) is 11.5. The molecule has 5 N–H and O–H groups in total. The van der Waals surface area contributed by atoms with Crippen molar-refractivity contribution in [3.8, 4) is 0 Å². The number of allylic oxidation sites excluding steroid dienone is 3. The highest BCUT2D eigenvalue weighted by atomic mass is 16.5. The molecule has 2 saturated carbocycles. The van der Waals surface area contributed by atoms with Crippen LogP contribution in [0.25, 0.3) is 0 Å².